The molecule has 0 atom stereocenters. The van der Waals surface area contributed by atoms with Gasteiger partial charge in [-0.15, -0.1) is 0 Å². The van der Waals surface area contributed by atoms with Crippen molar-refractivity contribution in [3.05, 3.63) is 48.3 Å². The molecular formula is C12H15N3O. The minimum absolute atomic E-state index is 0.505. The van der Waals surface area contributed by atoms with Gasteiger partial charge in [-0.1, -0.05) is 18.2 Å². The standard InChI is InChI=1S/C12H15N3O/c13-10-11-6-7-14-15(11)8-9-16-12-4-2-1-3-5-12/h1-7H,8-10,13H2. The number of nitrogens with zero attached hydrogens (tertiary/aromatic N) is 2. The number of hydrogen-bond donors (Lipinski definition) is 1. The topological polar surface area (TPSA) is 53.1 Å². The fraction of sp³-hybridized carbons (Fsp3) is 0.250. The molecular weight excluding hydrogens is 202 g/mol. The van der Waals surface area contributed by atoms with Crippen LogP contribution in [0.2, 0.25) is 0 Å². The highest BCUT2D eigenvalue weighted by atomic mass is 16.5. The second-order valence-electron chi connectivity index (χ2n) is 3.41. The van der Waals surface area contributed by atoms with Gasteiger partial charge in [-0.25, -0.2) is 0 Å². The Morgan fingerprint density at radius 2 is 2.00 bits per heavy atom. The lowest BCUT2D eigenvalue weighted by Gasteiger charge is -2.08. The molecule has 0 saturated carbocycles. The van der Waals surface area contributed by atoms with Crippen LogP contribution < -0.4 is 10.5 Å². The first-order valence-corrected chi connectivity index (χ1v) is 5.29. The van der Waals surface area contributed by atoms with Crippen LogP contribution in [0.5, 0.6) is 5.75 Å². The van der Waals surface area contributed by atoms with E-state index in [4.69, 9.17) is 10.5 Å². The van der Waals surface area contributed by atoms with E-state index in [0.29, 0.717) is 19.7 Å². The molecule has 1 aromatic heterocycles. The van der Waals surface area contributed by atoms with E-state index >= 15 is 0 Å². The zero-order chi connectivity index (χ0) is 11.2. The molecule has 4 nitrogen and oxygen atoms in total. The van der Waals surface area contributed by atoms with Crippen molar-refractivity contribution in [2.45, 2.75) is 13.1 Å². The molecule has 84 valence electrons. The van der Waals surface area contributed by atoms with Gasteiger partial charge in [-0.2, -0.15) is 5.10 Å². The fourth-order valence-corrected chi connectivity index (χ4v) is 1.50. The van der Waals surface area contributed by atoms with E-state index in [2.05, 4.69) is 5.10 Å². The smallest absolute Gasteiger partial charge is 0.119 e. The summed E-state index contributed by atoms with van der Waals surface area (Å²) in [4.78, 5) is 0. The molecule has 0 bridgehead atoms. The van der Waals surface area contributed by atoms with Crippen LogP contribution in [0.1, 0.15) is 5.69 Å². The maximum Gasteiger partial charge on any atom is 0.119 e. The monoisotopic (exact) mass is 217 g/mol. The molecule has 0 aliphatic heterocycles. The summed E-state index contributed by atoms with van der Waals surface area (Å²) in [5.74, 6) is 0.879. The van der Waals surface area contributed by atoms with Crippen LogP contribution in [-0.2, 0) is 13.1 Å². The zero-order valence-corrected chi connectivity index (χ0v) is 9.04. The predicted molar refractivity (Wildman–Crippen MR) is 62.1 cm³/mol. The Hall–Kier alpha value is -1.81. The van der Waals surface area contributed by atoms with Crippen LogP contribution in [0.25, 0.3) is 0 Å². The van der Waals surface area contributed by atoms with Crippen molar-refractivity contribution >= 4 is 0 Å². The highest BCUT2D eigenvalue weighted by molar-refractivity contribution is 5.20. The summed E-state index contributed by atoms with van der Waals surface area (Å²) in [6.45, 7) is 1.82. The van der Waals surface area contributed by atoms with Gasteiger partial charge in [-0.3, -0.25) is 4.68 Å². The minimum atomic E-state index is 0.505. The van der Waals surface area contributed by atoms with Gasteiger partial charge in [0, 0.05) is 12.7 Å². The van der Waals surface area contributed by atoms with Crippen molar-refractivity contribution in [2.24, 2.45) is 5.73 Å². The van der Waals surface area contributed by atoms with E-state index in [1.54, 1.807) is 6.20 Å². The van der Waals surface area contributed by atoms with Gasteiger partial charge >= 0.3 is 0 Å². The lowest BCUT2D eigenvalue weighted by atomic mass is 10.3. The SMILES string of the molecule is NCc1ccnn1CCOc1ccccc1. The lowest BCUT2D eigenvalue weighted by Crippen LogP contribution is -2.14. The zero-order valence-electron chi connectivity index (χ0n) is 9.04. The number of hydrogen-bond acceptors (Lipinski definition) is 3. The van der Waals surface area contributed by atoms with Gasteiger partial charge < -0.3 is 10.5 Å². The molecule has 0 saturated heterocycles. The van der Waals surface area contributed by atoms with E-state index in [9.17, 15) is 0 Å². The average molecular weight is 217 g/mol. The maximum absolute atomic E-state index is 5.58. The summed E-state index contributed by atoms with van der Waals surface area (Å²) in [6.07, 6.45) is 1.75. The summed E-state index contributed by atoms with van der Waals surface area (Å²) in [5.41, 5.74) is 6.60. The molecule has 4 heteroatoms. The highest BCUT2D eigenvalue weighted by Crippen LogP contribution is 2.08. The second-order valence-corrected chi connectivity index (χ2v) is 3.41. The number of para-hydroxylation sites is 1. The van der Waals surface area contributed by atoms with E-state index in [1.807, 2.05) is 41.1 Å². The van der Waals surface area contributed by atoms with Crippen LogP contribution in [0.4, 0.5) is 0 Å². The van der Waals surface area contributed by atoms with Crippen molar-refractivity contribution < 1.29 is 4.74 Å². The lowest BCUT2D eigenvalue weighted by molar-refractivity contribution is 0.289. The summed E-state index contributed by atoms with van der Waals surface area (Å²) in [7, 11) is 0. The highest BCUT2D eigenvalue weighted by Gasteiger charge is 1.99. The largest absolute Gasteiger partial charge is 0.492 e. The van der Waals surface area contributed by atoms with Crippen LogP contribution in [0.15, 0.2) is 42.6 Å². The van der Waals surface area contributed by atoms with Crippen molar-refractivity contribution in [2.75, 3.05) is 6.61 Å². The number of rotatable bonds is 5. The van der Waals surface area contributed by atoms with Crippen LogP contribution >= 0.6 is 0 Å². The van der Waals surface area contributed by atoms with E-state index in [0.717, 1.165) is 11.4 Å². The molecule has 2 aromatic rings. The first kappa shape index (κ1) is 10.7. The van der Waals surface area contributed by atoms with Gasteiger partial charge in [-0.05, 0) is 18.2 Å². The average Bonchev–Trinajstić information content (AvgIpc) is 2.78. The molecule has 0 amide bonds. The first-order valence-electron chi connectivity index (χ1n) is 5.29. The first-order chi connectivity index (χ1) is 7.90. The Morgan fingerprint density at radius 3 is 2.75 bits per heavy atom. The van der Waals surface area contributed by atoms with Crippen LogP contribution in [-0.4, -0.2) is 16.4 Å². The number of aromatic nitrogens is 2. The number of benzene rings is 1. The maximum atomic E-state index is 5.58. The molecule has 2 N–H and O–H groups in total. The third kappa shape index (κ3) is 2.61. The summed E-state index contributed by atoms with van der Waals surface area (Å²) in [6, 6.07) is 11.7. The molecule has 0 fully saturated rings. The van der Waals surface area contributed by atoms with Crippen molar-refractivity contribution in [3.8, 4) is 5.75 Å². The second kappa shape index (κ2) is 5.32. The molecule has 2 rings (SSSR count). The predicted octanol–water partition coefficient (Wildman–Crippen LogP) is 1.42. The van der Waals surface area contributed by atoms with Gasteiger partial charge in [0.15, 0.2) is 0 Å². The van der Waals surface area contributed by atoms with Gasteiger partial charge in [0.25, 0.3) is 0 Å². The minimum Gasteiger partial charge on any atom is -0.492 e. The summed E-state index contributed by atoms with van der Waals surface area (Å²) in [5, 5.41) is 4.17. The molecule has 0 radical (unpaired) electrons. The Morgan fingerprint density at radius 1 is 1.19 bits per heavy atom. The molecule has 0 unspecified atom stereocenters. The Balaban J connectivity index is 1.85. The Kier molecular flexibility index (Phi) is 3.56. The van der Waals surface area contributed by atoms with Crippen molar-refractivity contribution in [1.82, 2.24) is 9.78 Å². The van der Waals surface area contributed by atoms with Crippen LogP contribution in [0, 0.1) is 0 Å². The molecule has 1 heterocycles. The van der Waals surface area contributed by atoms with E-state index < -0.39 is 0 Å². The van der Waals surface area contributed by atoms with Crippen LogP contribution in [0.3, 0.4) is 0 Å². The number of ether oxygens (including phenoxy) is 1. The molecule has 16 heavy (non-hydrogen) atoms. The van der Waals surface area contributed by atoms with E-state index in [1.165, 1.54) is 0 Å². The fourth-order valence-electron chi connectivity index (χ4n) is 1.50. The third-order valence-corrected chi connectivity index (χ3v) is 2.33. The Labute approximate surface area is 94.6 Å². The Bertz CT molecular complexity index is 425. The molecule has 0 aliphatic rings. The third-order valence-electron chi connectivity index (χ3n) is 2.33. The van der Waals surface area contributed by atoms with E-state index in [-0.39, 0.29) is 0 Å². The van der Waals surface area contributed by atoms with Gasteiger partial charge in [0.05, 0.1) is 12.2 Å². The summed E-state index contributed by atoms with van der Waals surface area (Å²) >= 11 is 0. The van der Waals surface area contributed by atoms with Crippen molar-refractivity contribution in [3.63, 3.8) is 0 Å². The van der Waals surface area contributed by atoms with Gasteiger partial charge in [0.1, 0.15) is 12.4 Å². The summed E-state index contributed by atoms with van der Waals surface area (Å²) < 4.78 is 7.44. The quantitative estimate of drug-likeness (QED) is 0.824. The number of nitrogens with two attached hydrogens (primary N) is 1. The van der Waals surface area contributed by atoms with Gasteiger partial charge in [0.2, 0.25) is 0 Å². The molecule has 0 spiro atoms. The normalized spacial score (nSPS) is 10.3. The van der Waals surface area contributed by atoms with Crippen molar-refractivity contribution in [1.29, 1.82) is 0 Å². The molecule has 1 aromatic carbocycles. The molecule has 0 aliphatic carbocycles.